The third-order valence-electron chi connectivity index (χ3n) is 4.30. The van der Waals surface area contributed by atoms with Gasteiger partial charge in [0.2, 0.25) is 5.95 Å². The van der Waals surface area contributed by atoms with Crippen LogP contribution >= 0.6 is 11.3 Å². The molecule has 6 nitrogen and oxygen atoms in total. The number of nitrogens with one attached hydrogen (secondary N) is 1. The first-order valence-corrected chi connectivity index (χ1v) is 9.62. The molecule has 0 aliphatic carbocycles. The van der Waals surface area contributed by atoms with Crippen LogP contribution in [0.15, 0.2) is 36.7 Å². The van der Waals surface area contributed by atoms with Crippen molar-refractivity contribution >= 4 is 28.7 Å². The Balaban J connectivity index is 1.58. The van der Waals surface area contributed by atoms with Crippen LogP contribution in [0.1, 0.15) is 29.3 Å². The Labute approximate surface area is 164 Å². The monoisotopic (exact) mass is 403 g/mol. The highest BCUT2D eigenvalue weighted by atomic mass is 32.1. The summed E-state index contributed by atoms with van der Waals surface area (Å²) in [6.07, 6.45) is 0.768. The van der Waals surface area contributed by atoms with Crippen molar-refractivity contribution in [2.75, 3.05) is 5.32 Å². The SMILES string of the molecule is CC/C=C(/N)c1sc(-n2cnc(Nc3cccc4c3OC(F)(F)C4)n2)cc1C. The van der Waals surface area contributed by atoms with E-state index in [-0.39, 0.29) is 11.7 Å². The quantitative estimate of drug-likeness (QED) is 0.650. The van der Waals surface area contributed by atoms with Gasteiger partial charge in [-0.1, -0.05) is 25.1 Å². The molecule has 0 radical (unpaired) electrons. The average Bonchev–Trinajstić information content (AvgIpc) is 3.31. The number of hydrogen-bond acceptors (Lipinski definition) is 6. The lowest BCUT2D eigenvalue weighted by atomic mass is 10.1. The number of rotatable bonds is 5. The van der Waals surface area contributed by atoms with E-state index >= 15 is 0 Å². The number of aromatic nitrogens is 3. The summed E-state index contributed by atoms with van der Waals surface area (Å²) in [5, 5.41) is 8.23. The summed E-state index contributed by atoms with van der Waals surface area (Å²) in [6, 6.07) is 6.96. The van der Waals surface area contributed by atoms with E-state index in [9.17, 15) is 8.78 Å². The molecule has 9 heteroatoms. The van der Waals surface area contributed by atoms with Crippen molar-refractivity contribution in [2.24, 2.45) is 5.73 Å². The fourth-order valence-electron chi connectivity index (χ4n) is 3.07. The minimum Gasteiger partial charge on any atom is -0.430 e. The Morgan fingerprint density at radius 1 is 1.46 bits per heavy atom. The zero-order valence-electron chi connectivity index (χ0n) is 15.4. The molecule has 0 spiro atoms. The highest BCUT2D eigenvalue weighted by molar-refractivity contribution is 7.15. The van der Waals surface area contributed by atoms with Crippen LogP contribution in [-0.2, 0) is 6.42 Å². The van der Waals surface area contributed by atoms with E-state index in [1.165, 1.54) is 11.3 Å². The number of alkyl halides is 2. The van der Waals surface area contributed by atoms with E-state index in [1.54, 1.807) is 29.2 Å². The molecule has 0 atom stereocenters. The van der Waals surface area contributed by atoms with E-state index in [1.807, 2.05) is 26.0 Å². The van der Waals surface area contributed by atoms with E-state index in [0.29, 0.717) is 11.3 Å². The largest absolute Gasteiger partial charge is 0.430 e. The molecule has 0 amide bonds. The molecule has 1 aliphatic rings. The van der Waals surface area contributed by atoms with Crippen molar-refractivity contribution in [3.05, 3.63) is 52.7 Å². The van der Waals surface area contributed by atoms with Gasteiger partial charge in [-0.05, 0) is 31.0 Å². The van der Waals surface area contributed by atoms with Crippen LogP contribution in [0.2, 0.25) is 0 Å². The first kappa shape index (κ1) is 18.4. The molecular weight excluding hydrogens is 384 g/mol. The number of para-hydroxylation sites is 1. The molecule has 0 fully saturated rings. The Kier molecular flexibility index (Phi) is 4.54. The molecule has 3 N–H and O–H groups in total. The van der Waals surface area contributed by atoms with Gasteiger partial charge < -0.3 is 15.8 Å². The van der Waals surface area contributed by atoms with Gasteiger partial charge in [-0.2, -0.15) is 13.8 Å². The van der Waals surface area contributed by atoms with Crippen molar-refractivity contribution in [2.45, 2.75) is 32.8 Å². The van der Waals surface area contributed by atoms with Crippen LogP contribution < -0.4 is 15.8 Å². The average molecular weight is 403 g/mol. The number of thiophene rings is 1. The molecule has 3 heterocycles. The number of hydrogen-bond donors (Lipinski definition) is 2. The molecule has 4 rings (SSSR count). The van der Waals surface area contributed by atoms with Crippen LogP contribution in [0.4, 0.5) is 20.4 Å². The number of aryl methyl sites for hydroxylation is 1. The Morgan fingerprint density at radius 2 is 2.29 bits per heavy atom. The second-order valence-electron chi connectivity index (χ2n) is 6.51. The summed E-state index contributed by atoms with van der Waals surface area (Å²) in [6.45, 7) is 4.03. The zero-order valence-corrected chi connectivity index (χ0v) is 16.2. The molecule has 0 unspecified atom stereocenters. The van der Waals surface area contributed by atoms with E-state index in [2.05, 4.69) is 15.4 Å². The van der Waals surface area contributed by atoms with Crippen molar-refractivity contribution in [3.63, 3.8) is 0 Å². The zero-order chi connectivity index (χ0) is 19.9. The van der Waals surface area contributed by atoms with Crippen molar-refractivity contribution in [1.29, 1.82) is 0 Å². The minimum atomic E-state index is -3.19. The smallest absolute Gasteiger partial charge is 0.402 e. The topological polar surface area (TPSA) is 78.0 Å². The van der Waals surface area contributed by atoms with Crippen LogP contribution in [0.3, 0.4) is 0 Å². The number of anilines is 2. The van der Waals surface area contributed by atoms with Gasteiger partial charge in [-0.15, -0.1) is 16.4 Å². The molecule has 0 saturated carbocycles. The number of halogens is 2. The molecular formula is C19H19F2N5OS. The van der Waals surface area contributed by atoms with E-state index < -0.39 is 12.5 Å². The normalized spacial score (nSPS) is 15.4. The van der Waals surface area contributed by atoms with Crippen LogP contribution in [-0.4, -0.2) is 20.9 Å². The van der Waals surface area contributed by atoms with E-state index in [0.717, 1.165) is 27.6 Å². The molecule has 146 valence electrons. The second-order valence-corrected chi connectivity index (χ2v) is 7.54. The fraction of sp³-hybridized carbons (Fsp3) is 0.263. The lowest BCUT2D eigenvalue weighted by Crippen LogP contribution is -2.20. The van der Waals surface area contributed by atoms with Gasteiger partial charge in [0, 0.05) is 11.3 Å². The predicted octanol–water partition coefficient (Wildman–Crippen LogP) is 4.62. The minimum absolute atomic E-state index is 0.135. The highest BCUT2D eigenvalue weighted by Gasteiger charge is 2.41. The number of benzene rings is 1. The van der Waals surface area contributed by atoms with Gasteiger partial charge in [0.25, 0.3) is 0 Å². The summed E-state index contributed by atoms with van der Waals surface area (Å²) in [4.78, 5) is 5.23. The van der Waals surface area contributed by atoms with Gasteiger partial charge in [0.15, 0.2) is 5.75 Å². The van der Waals surface area contributed by atoms with Gasteiger partial charge in [-0.3, -0.25) is 0 Å². The molecule has 1 aromatic carbocycles. The molecule has 0 bridgehead atoms. The third kappa shape index (κ3) is 3.45. The predicted molar refractivity (Wildman–Crippen MR) is 105 cm³/mol. The van der Waals surface area contributed by atoms with Crippen molar-refractivity contribution in [1.82, 2.24) is 14.8 Å². The molecule has 1 aliphatic heterocycles. The first-order valence-electron chi connectivity index (χ1n) is 8.80. The van der Waals surface area contributed by atoms with Gasteiger partial charge in [-0.25, -0.2) is 4.68 Å². The Bertz CT molecular complexity index is 1060. The second kappa shape index (κ2) is 6.90. The maximum absolute atomic E-state index is 13.5. The number of nitrogens with zero attached hydrogens (tertiary/aromatic N) is 3. The van der Waals surface area contributed by atoms with Crippen LogP contribution in [0.5, 0.6) is 5.75 Å². The first-order chi connectivity index (χ1) is 13.4. The molecule has 2 aromatic heterocycles. The number of nitrogens with two attached hydrogens (primary N) is 1. The summed E-state index contributed by atoms with van der Waals surface area (Å²) in [5.41, 5.74) is 8.78. The highest BCUT2D eigenvalue weighted by Crippen LogP contribution is 2.42. The van der Waals surface area contributed by atoms with Crippen molar-refractivity contribution in [3.8, 4) is 10.8 Å². The number of fused-ring (bicyclic) bond motifs is 1. The van der Waals surface area contributed by atoms with Crippen LogP contribution in [0, 0.1) is 6.92 Å². The molecule has 0 saturated heterocycles. The third-order valence-corrected chi connectivity index (χ3v) is 5.58. The van der Waals surface area contributed by atoms with Gasteiger partial charge in [0.1, 0.15) is 11.3 Å². The molecule has 3 aromatic rings. The summed E-state index contributed by atoms with van der Waals surface area (Å²) < 4.78 is 33.5. The number of allylic oxidation sites excluding steroid dienone is 1. The standard InChI is InChI=1S/C19H19F2N5OS/c1-3-5-13(22)17-11(2)8-15(28-17)26-10-23-18(25-26)24-14-7-4-6-12-9-19(20,21)27-16(12)14/h4-8,10H,3,9,22H2,1-2H3,(H,24,25)/b13-5+. The van der Waals surface area contributed by atoms with Crippen molar-refractivity contribution < 1.29 is 13.5 Å². The Morgan fingerprint density at radius 3 is 3.07 bits per heavy atom. The maximum atomic E-state index is 13.5. The van der Waals surface area contributed by atoms with Gasteiger partial charge >= 0.3 is 6.11 Å². The summed E-state index contributed by atoms with van der Waals surface area (Å²) >= 11 is 1.52. The van der Waals surface area contributed by atoms with E-state index in [4.69, 9.17) is 10.5 Å². The molecule has 28 heavy (non-hydrogen) atoms. The lowest BCUT2D eigenvalue weighted by Gasteiger charge is -2.10. The summed E-state index contributed by atoms with van der Waals surface area (Å²) in [7, 11) is 0. The fourth-order valence-corrected chi connectivity index (χ4v) is 4.12. The van der Waals surface area contributed by atoms with Crippen LogP contribution in [0.25, 0.3) is 10.7 Å². The Hall–Kier alpha value is -2.94. The number of ether oxygens (including phenoxy) is 1. The lowest BCUT2D eigenvalue weighted by molar-refractivity contribution is -0.158. The maximum Gasteiger partial charge on any atom is 0.402 e. The summed E-state index contributed by atoms with van der Waals surface area (Å²) in [5.74, 6) is 0.424. The van der Waals surface area contributed by atoms with Gasteiger partial charge in [0.05, 0.1) is 17.0 Å².